The van der Waals surface area contributed by atoms with Crippen LogP contribution in [0.5, 0.6) is 0 Å². The Bertz CT molecular complexity index is 336. The molecule has 0 aliphatic carbocycles. The summed E-state index contributed by atoms with van der Waals surface area (Å²) in [5.74, 6) is -2.51. The first-order valence-corrected chi connectivity index (χ1v) is 3.95. The minimum atomic E-state index is -1.26. The van der Waals surface area contributed by atoms with Gasteiger partial charge in [0.25, 0.3) is 0 Å². The van der Waals surface area contributed by atoms with Crippen LogP contribution in [0.25, 0.3) is 6.20 Å². The van der Waals surface area contributed by atoms with Crippen molar-refractivity contribution in [3.63, 3.8) is 0 Å². The molecule has 0 saturated carbocycles. The van der Waals surface area contributed by atoms with Crippen LogP contribution in [0.4, 0.5) is 0 Å². The second kappa shape index (κ2) is 7.14. The van der Waals surface area contributed by atoms with Crippen molar-refractivity contribution in [2.24, 2.45) is 0 Å². The van der Waals surface area contributed by atoms with Gasteiger partial charge in [0.05, 0.1) is 0 Å². The Morgan fingerprint density at radius 1 is 1.07 bits per heavy atom. The molecule has 0 radical (unpaired) electrons. The number of carbonyl (C=O) groups is 2. The van der Waals surface area contributed by atoms with E-state index in [4.69, 9.17) is 10.2 Å². The van der Waals surface area contributed by atoms with E-state index in [9.17, 15) is 9.59 Å². The molecule has 0 fully saturated rings. The Hall–Kier alpha value is -2.30. The Labute approximate surface area is 86.6 Å². The van der Waals surface area contributed by atoms with Gasteiger partial charge in [-0.2, -0.15) is 0 Å². The molecule has 1 aromatic heterocycles. The van der Waals surface area contributed by atoms with Gasteiger partial charge < -0.3 is 14.8 Å². The number of carboxylic acid groups (broad SMARTS) is 2. The summed E-state index contributed by atoms with van der Waals surface area (Å²) in [6.45, 7) is 3.57. The molecule has 0 aromatic carbocycles. The second-order valence-corrected chi connectivity index (χ2v) is 2.32. The summed E-state index contributed by atoms with van der Waals surface area (Å²) < 4.78 is 1.89. The average Bonchev–Trinajstić information content (AvgIpc) is 2.68. The van der Waals surface area contributed by atoms with Crippen LogP contribution >= 0.6 is 0 Å². The zero-order chi connectivity index (χ0) is 11.7. The van der Waals surface area contributed by atoms with Crippen molar-refractivity contribution in [1.82, 2.24) is 4.57 Å². The number of rotatable bonds is 3. The third-order valence-electron chi connectivity index (χ3n) is 1.21. The van der Waals surface area contributed by atoms with Crippen LogP contribution in [0.3, 0.4) is 0 Å². The summed E-state index contributed by atoms with van der Waals surface area (Å²) in [6, 6.07) is 3.92. The third-order valence-corrected chi connectivity index (χ3v) is 1.21. The van der Waals surface area contributed by atoms with E-state index in [0.29, 0.717) is 12.2 Å². The molecule has 0 bridgehead atoms. The first kappa shape index (κ1) is 12.7. The molecule has 0 aliphatic rings. The highest BCUT2D eigenvalue weighted by Crippen LogP contribution is 1.86. The number of nitrogens with zero attached hydrogens (tertiary/aromatic N) is 1. The molecule has 0 saturated heterocycles. The van der Waals surface area contributed by atoms with Gasteiger partial charge in [-0.1, -0.05) is 6.58 Å². The maximum absolute atomic E-state index is 9.55. The fraction of sp³-hybridized carbons (Fsp3) is 0. The van der Waals surface area contributed by atoms with E-state index in [-0.39, 0.29) is 0 Å². The van der Waals surface area contributed by atoms with Gasteiger partial charge in [-0.05, 0) is 12.1 Å². The molecule has 0 unspecified atom stereocenters. The summed E-state index contributed by atoms with van der Waals surface area (Å²) in [6.07, 6.45) is 6.74. The van der Waals surface area contributed by atoms with Crippen molar-refractivity contribution in [3.8, 4) is 0 Å². The van der Waals surface area contributed by atoms with Gasteiger partial charge in [0.15, 0.2) is 0 Å². The lowest BCUT2D eigenvalue weighted by molar-refractivity contribution is -0.134. The predicted octanol–water partition coefficient (Wildman–Crippen LogP) is 1.30. The molecule has 1 heterocycles. The zero-order valence-electron chi connectivity index (χ0n) is 7.91. The minimum absolute atomic E-state index is 0.558. The fourth-order valence-corrected chi connectivity index (χ4v) is 0.612. The van der Waals surface area contributed by atoms with Crippen molar-refractivity contribution in [2.75, 3.05) is 0 Å². The van der Waals surface area contributed by atoms with Crippen LogP contribution in [-0.4, -0.2) is 26.7 Å². The molecule has 5 nitrogen and oxygen atoms in total. The monoisotopic (exact) mass is 209 g/mol. The predicted molar refractivity (Wildman–Crippen MR) is 55.2 cm³/mol. The Balaban J connectivity index is 0.000000262. The summed E-state index contributed by atoms with van der Waals surface area (Å²) >= 11 is 0. The topological polar surface area (TPSA) is 79.5 Å². The summed E-state index contributed by atoms with van der Waals surface area (Å²) in [4.78, 5) is 19.1. The quantitative estimate of drug-likeness (QED) is 0.735. The van der Waals surface area contributed by atoms with Crippen LogP contribution in [0, 0.1) is 0 Å². The molecule has 2 N–H and O–H groups in total. The molecular weight excluding hydrogens is 198 g/mol. The van der Waals surface area contributed by atoms with Gasteiger partial charge in [-0.3, -0.25) is 0 Å². The second-order valence-electron chi connectivity index (χ2n) is 2.32. The van der Waals surface area contributed by atoms with E-state index >= 15 is 0 Å². The van der Waals surface area contributed by atoms with Crippen LogP contribution in [-0.2, 0) is 9.59 Å². The lowest BCUT2D eigenvalue weighted by atomic mass is 10.5. The molecule has 0 atom stereocenters. The summed E-state index contributed by atoms with van der Waals surface area (Å²) in [5.41, 5.74) is 0. The van der Waals surface area contributed by atoms with Gasteiger partial charge in [-0.15, -0.1) is 0 Å². The lowest BCUT2D eigenvalue weighted by Crippen LogP contribution is -1.91. The maximum atomic E-state index is 9.55. The minimum Gasteiger partial charge on any atom is -0.478 e. The summed E-state index contributed by atoms with van der Waals surface area (Å²) in [7, 11) is 0. The van der Waals surface area contributed by atoms with Gasteiger partial charge in [-0.25, -0.2) is 9.59 Å². The smallest absolute Gasteiger partial charge is 0.328 e. The van der Waals surface area contributed by atoms with Gasteiger partial charge >= 0.3 is 11.9 Å². The largest absolute Gasteiger partial charge is 0.478 e. The van der Waals surface area contributed by atoms with Crippen LogP contribution in [0.15, 0.2) is 43.3 Å². The molecule has 80 valence electrons. The van der Waals surface area contributed by atoms with Crippen molar-refractivity contribution >= 4 is 18.1 Å². The van der Waals surface area contributed by atoms with E-state index in [1.54, 1.807) is 6.20 Å². The zero-order valence-corrected chi connectivity index (χ0v) is 7.91. The standard InChI is InChI=1S/C6H7N.C4H4O4/c1-2-7-5-3-4-6-7;5-3(6)1-2-4(7)8/h2-6H,1H2;1-2H,(H,5,6)(H,7,8)/b;2-1-. The van der Waals surface area contributed by atoms with E-state index in [1.807, 2.05) is 29.1 Å². The van der Waals surface area contributed by atoms with Crippen LogP contribution in [0.2, 0.25) is 0 Å². The highest BCUT2D eigenvalue weighted by atomic mass is 16.4. The first-order chi connectivity index (χ1) is 7.06. The van der Waals surface area contributed by atoms with Crippen LogP contribution in [0.1, 0.15) is 0 Å². The number of hydrogen-bond donors (Lipinski definition) is 2. The Morgan fingerprint density at radius 2 is 1.47 bits per heavy atom. The maximum Gasteiger partial charge on any atom is 0.328 e. The van der Waals surface area contributed by atoms with Crippen molar-refractivity contribution < 1.29 is 19.8 Å². The molecule has 0 aliphatic heterocycles. The third kappa shape index (κ3) is 8.04. The number of carboxylic acids is 2. The average molecular weight is 209 g/mol. The van der Waals surface area contributed by atoms with Gasteiger partial charge in [0, 0.05) is 30.7 Å². The highest BCUT2D eigenvalue weighted by Gasteiger charge is 1.88. The van der Waals surface area contributed by atoms with E-state index < -0.39 is 11.9 Å². The Kier molecular flexibility index (Phi) is 6.04. The van der Waals surface area contributed by atoms with Crippen LogP contribution < -0.4 is 0 Å². The molecular formula is C10H11NO4. The SMILES string of the molecule is C=Cn1cccc1.O=C(O)/C=C\C(=O)O. The van der Waals surface area contributed by atoms with Gasteiger partial charge in [0.1, 0.15) is 0 Å². The molecule has 5 heteroatoms. The molecule has 1 aromatic rings. The molecule has 0 spiro atoms. The highest BCUT2D eigenvalue weighted by molar-refractivity contribution is 5.89. The first-order valence-electron chi connectivity index (χ1n) is 3.95. The molecule has 1 rings (SSSR count). The van der Waals surface area contributed by atoms with Crippen molar-refractivity contribution in [2.45, 2.75) is 0 Å². The van der Waals surface area contributed by atoms with E-state index in [2.05, 4.69) is 6.58 Å². The number of hydrogen-bond acceptors (Lipinski definition) is 2. The van der Waals surface area contributed by atoms with Crippen molar-refractivity contribution in [3.05, 3.63) is 43.3 Å². The fourth-order valence-electron chi connectivity index (χ4n) is 0.612. The lowest BCUT2D eigenvalue weighted by Gasteiger charge is -1.82. The molecule has 0 amide bonds. The Morgan fingerprint density at radius 3 is 1.67 bits per heavy atom. The number of aliphatic carboxylic acids is 2. The summed E-state index contributed by atoms with van der Waals surface area (Å²) in [5, 5.41) is 15.6. The van der Waals surface area contributed by atoms with E-state index in [1.165, 1.54) is 0 Å². The number of aromatic nitrogens is 1. The van der Waals surface area contributed by atoms with Gasteiger partial charge in [0.2, 0.25) is 0 Å². The van der Waals surface area contributed by atoms with E-state index in [0.717, 1.165) is 0 Å². The normalized spacial score (nSPS) is 9.07. The van der Waals surface area contributed by atoms with Crippen molar-refractivity contribution in [1.29, 1.82) is 0 Å². The molecule has 15 heavy (non-hydrogen) atoms.